The Bertz CT molecular complexity index is 390. The minimum Gasteiger partial charge on any atom is -0.322 e. The second kappa shape index (κ2) is 6.35. The van der Waals surface area contributed by atoms with Gasteiger partial charge in [-0.05, 0) is 30.3 Å². The van der Waals surface area contributed by atoms with Crippen LogP contribution in [0.25, 0.3) is 0 Å². The third-order valence-electron chi connectivity index (χ3n) is 2.29. The van der Waals surface area contributed by atoms with Crippen LogP contribution in [0.3, 0.4) is 0 Å². The highest BCUT2D eigenvalue weighted by Gasteiger charge is 2.11. The van der Waals surface area contributed by atoms with Crippen LogP contribution in [0.4, 0.5) is 5.69 Å². The predicted octanol–water partition coefficient (Wildman–Crippen LogP) is 2.57. The van der Waals surface area contributed by atoms with E-state index in [1.165, 1.54) is 0 Å². The Morgan fingerprint density at radius 3 is 2.47 bits per heavy atom. The number of carbonyl (C=O) groups excluding carboxylic acids is 1. The van der Waals surface area contributed by atoms with Gasteiger partial charge in [-0.25, -0.2) is 0 Å². The van der Waals surface area contributed by atoms with E-state index < -0.39 is 0 Å². The lowest BCUT2D eigenvalue weighted by Crippen LogP contribution is -2.40. The molecule has 0 aliphatic rings. The summed E-state index contributed by atoms with van der Waals surface area (Å²) in [4.78, 5) is 13.4. The normalized spacial score (nSPS) is 10.1. The maximum Gasteiger partial charge on any atom is 0.226 e. The van der Waals surface area contributed by atoms with Crippen molar-refractivity contribution in [2.45, 2.75) is 20.3 Å². The highest BCUT2D eigenvalue weighted by Crippen LogP contribution is 2.11. The fraction of sp³-hybridized carbons (Fsp3) is 0.385. The van der Waals surface area contributed by atoms with E-state index in [0.29, 0.717) is 17.5 Å². The van der Waals surface area contributed by atoms with Crippen LogP contribution >= 0.6 is 12.2 Å². The Kier molecular flexibility index (Phi) is 5.10. The summed E-state index contributed by atoms with van der Waals surface area (Å²) in [6.45, 7) is 4.01. The summed E-state index contributed by atoms with van der Waals surface area (Å²) in [5.41, 5.74) is 0.961. The lowest BCUT2D eigenvalue weighted by molar-refractivity contribution is -0.120. The Labute approximate surface area is 108 Å². The maximum atomic E-state index is 11.6. The molecular weight excluding hydrogens is 232 g/mol. The first-order valence-electron chi connectivity index (χ1n) is 5.63. The van der Waals surface area contributed by atoms with E-state index in [9.17, 15) is 4.79 Å². The van der Waals surface area contributed by atoms with Gasteiger partial charge < -0.3 is 10.2 Å². The number of para-hydroxylation sites is 1. The third-order valence-corrected chi connectivity index (χ3v) is 2.66. The van der Waals surface area contributed by atoms with Crippen molar-refractivity contribution in [2.24, 2.45) is 5.92 Å². The number of anilines is 1. The molecule has 0 aliphatic carbocycles. The molecule has 0 aliphatic heterocycles. The van der Waals surface area contributed by atoms with E-state index in [-0.39, 0.29) is 5.91 Å². The highest BCUT2D eigenvalue weighted by atomic mass is 32.1. The number of amides is 1. The van der Waals surface area contributed by atoms with Crippen molar-refractivity contribution < 1.29 is 4.79 Å². The molecule has 1 N–H and O–H groups in total. The molecule has 0 heterocycles. The van der Waals surface area contributed by atoms with Gasteiger partial charge in [0.05, 0.1) is 0 Å². The molecule has 0 unspecified atom stereocenters. The van der Waals surface area contributed by atoms with E-state index in [4.69, 9.17) is 12.2 Å². The summed E-state index contributed by atoms with van der Waals surface area (Å²) in [5, 5.41) is 3.16. The van der Waals surface area contributed by atoms with Gasteiger partial charge in [-0.15, -0.1) is 0 Å². The molecule has 1 rings (SSSR count). The van der Waals surface area contributed by atoms with Crippen molar-refractivity contribution in [2.75, 3.05) is 11.9 Å². The highest BCUT2D eigenvalue weighted by molar-refractivity contribution is 7.80. The van der Waals surface area contributed by atoms with Crippen molar-refractivity contribution in [3.05, 3.63) is 30.3 Å². The van der Waals surface area contributed by atoms with Crippen molar-refractivity contribution in [3.63, 3.8) is 0 Å². The molecule has 0 fully saturated rings. The SMILES string of the molecule is CC(C)CC(=O)NC(=S)N(C)c1ccccc1. The van der Waals surface area contributed by atoms with Gasteiger partial charge in [0.1, 0.15) is 0 Å². The number of thiocarbonyl (C=S) groups is 1. The van der Waals surface area contributed by atoms with Gasteiger partial charge in [0, 0.05) is 19.2 Å². The molecule has 0 radical (unpaired) electrons. The maximum absolute atomic E-state index is 11.6. The molecule has 1 amide bonds. The quantitative estimate of drug-likeness (QED) is 0.837. The minimum absolute atomic E-state index is 0.0345. The van der Waals surface area contributed by atoms with E-state index >= 15 is 0 Å². The second-order valence-electron chi connectivity index (χ2n) is 4.35. The average molecular weight is 250 g/mol. The van der Waals surface area contributed by atoms with Gasteiger partial charge in [-0.2, -0.15) is 0 Å². The zero-order chi connectivity index (χ0) is 12.8. The zero-order valence-electron chi connectivity index (χ0n) is 10.4. The number of carbonyl (C=O) groups is 1. The molecule has 0 bridgehead atoms. The Morgan fingerprint density at radius 1 is 1.35 bits per heavy atom. The monoisotopic (exact) mass is 250 g/mol. The van der Waals surface area contributed by atoms with Crippen LogP contribution in [0.15, 0.2) is 30.3 Å². The molecule has 4 heteroatoms. The van der Waals surface area contributed by atoms with Gasteiger partial charge in [0.15, 0.2) is 5.11 Å². The number of nitrogens with one attached hydrogen (secondary N) is 1. The van der Waals surface area contributed by atoms with Crippen LogP contribution < -0.4 is 10.2 Å². The summed E-state index contributed by atoms with van der Waals surface area (Å²) in [6.07, 6.45) is 0.489. The van der Waals surface area contributed by atoms with Crippen LogP contribution in [0.5, 0.6) is 0 Å². The van der Waals surface area contributed by atoms with E-state index in [1.807, 2.05) is 51.2 Å². The largest absolute Gasteiger partial charge is 0.322 e. The van der Waals surface area contributed by atoms with Crippen molar-refractivity contribution in [1.82, 2.24) is 5.32 Å². The second-order valence-corrected chi connectivity index (χ2v) is 4.73. The van der Waals surface area contributed by atoms with E-state index in [0.717, 1.165) is 5.69 Å². The van der Waals surface area contributed by atoms with E-state index in [2.05, 4.69) is 5.32 Å². The van der Waals surface area contributed by atoms with Gasteiger partial charge in [-0.1, -0.05) is 32.0 Å². The fourth-order valence-electron chi connectivity index (χ4n) is 1.39. The first kappa shape index (κ1) is 13.6. The Hall–Kier alpha value is -1.42. The molecule has 0 saturated carbocycles. The molecule has 0 saturated heterocycles. The number of hydrogen-bond donors (Lipinski definition) is 1. The molecule has 17 heavy (non-hydrogen) atoms. The minimum atomic E-state index is -0.0345. The van der Waals surface area contributed by atoms with Crippen LogP contribution in [0.1, 0.15) is 20.3 Å². The van der Waals surface area contributed by atoms with Crippen LogP contribution in [0, 0.1) is 5.92 Å². The van der Waals surface area contributed by atoms with Gasteiger partial charge in [0.25, 0.3) is 0 Å². The van der Waals surface area contributed by atoms with E-state index in [1.54, 1.807) is 4.90 Å². The Morgan fingerprint density at radius 2 is 1.94 bits per heavy atom. The van der Waals surface area contributed by atoms with Crippen LogP contribution in [-0.4, -0.2) is 18.1 Å². The van der Waals surface area contributed by atoms with Gasteiger partial charge >= 0.3 is 0 Å². The smallest absolute Gasteiger partial charge is 0.226 e. The molecule has 92 valence electrons. The van der Waals surface area contributed by atoms with Crippen molar-refractivity contribution >= 4 is 28.9 Å². The fourth-order valence-corrected chi connectivity index (χ4v) is 1.61. The first-order valence-corrected chi connectivity index (χ1v) is 6.04. The first-order chi connectivity index (χ1) is 8.00. The molecule has 1 aromatic rings. The number of rotatable bonds is 3. The lowest BCUT2D eigenvalue weighted by Gasteiger charge is -2.20. The summed E-state index contributed by atoms with van der Waals surface area (Å²) >= 11 is 5.18. The van der Waals surface area contributed by atoms with Crippen LogP contribution in [-0.2, 0) is 4.79 Å². The molecule has 3 nitrogen and oxygen atoms in total. The molecule has 0 aromatic heterocycles. The number of nitrogens with zero attached hydrogens (tertiary/aromatic N) is 1. The summed E-state index contributed by atoms with van der Waals surface area (Å²) in [7, 11) is 1.84. The molecular formula is C13H18N2OS. The number of benzene rings is 1. The lowest BCUT2D eigenvalue weighted by atomic mass is 10.1. The summed E-state index contributed by atoms with van der Waals surface area (Å²) in [5.74, 6) is 0.299. The molecule has 0 atom stereocenters. The van der Waals surface area contributed by atoms with Crippen molar-refractivity contribution in [1.29, 1.82) is 0 Å². The topological polar surface area (TPSA) is 32.3 Å². The van der Waals surface area contributed by atoms with Crippen LogP contribution in [0.2, 0.25) is 0 Å². The zero-order valence-corrected chi connectivity index (χ0v) is 11.3. The number of hydrogen-bond acceptors (Lipinski definition) is 2. The summed E-state index contributed by atoms with van der Waals surface area (Å²) < 4.78 is 0. The third kappa shape index (κ3) is 4.53. The van der Waals surface area contributed by atoms with Crippen molar-refractivity contribution in [3.8, 4) is 0 Å². The summed E-state index contributed by atoms with van der Waals surface area (Å²) in [6, 6.07) is 9.70. The van der Waals surface area contributed by atoms with Gasteiger partial charge in [0.2, 0.25) is 5.91 Å². The van der Waals surface area contributed by atoms with Gasteiger partial charge in [-0.3, -0.25) is 4.79 Å². The molecule has 0 spiro atoms. The molecule has 1 aromatic carbocycles. The predicted molar refractivity (Wildman–Crippen MR) is 75.0 cm³/mol. The Balaban J connectivity index is 2.56. The average Bonchev–Trinajstić information content (AvgIpc) is 2.28. The standard InChI is InChI=1S/C13H18N2OS/c1-10(2)9-12(16)14-13(17)15(3)11-7-5-4-6-8-11/h4-8,10H,9H2,1-3H3,(H,14,16,17).